The Hall–Kier alpha value is -2.04. The summed E-state index contributed by atoms with van der Waals surface area (Å²) in [5.41, 5.74) is 2.30. The molecule has 0 bridgehead atoms. The van der Waals surface area contributed by atoms with Gasteiger partial charge in [-0.2, -0.15) is 0 Å². The van der Waals surface area contributed by atoms with Crippen LogP contribution in [0.4, 0.5) is 4.79 Å². The quantitative estimate of drug-likeness (QED) is 0.902. The highest BCUT2D eigenvalue weighted by Gasteiger charge is 2.19. The van der Waals surface area contributed by atoms with E-state index in [0.717, 1.165) is 18.5 Å². The molecule has 3 amide bonds. The van der Waals surface area contributed by atoms with Crippen molar-refractivity contribution in [2.45, 2.75) is 26.8 Å². The summed E-state index contributed by atoms with van der Waals surface area (Å²) in [5, 5.41) is 2.94. The minimum atomic E-state index is -0.0547. The summed E-state index contributed by atoms with van der Waals surface area (Å²) >= 11 is 0. The standard InChI is InChI=1S/C16H23N3O2/c1-13-4-6-15(7-5-13)12-17-16(21)19-9-3-8-18(10-11-19)14(2)20/h4-7H,3,8-12H2,1-2H3,(H,17,21). The van der Waals surface area contributed by atoms with Crippen molar-refractivity contribution in [3.63, 3.8) is 0 Å². The first-order chi connectivity index (χ1) is 10.1. The number of urea groups is 1. The van der Waals surface area contributed by atoms with Crippen molar-refractivity contribution in [1.29, 1.82) is 0 Å². The Morgan fingerprint density at radius 2 is 1.67 bits per heavy atom. The van der Waals surface area contributed by atoms with Crippen molar-refractivity contribution < 1.29 is 9.59 Å². The largest absolute Gasteiger partial charge is 0.341 e. The first-order valence-corrected chi connectivity index (χ1v) is 7.40. The minimum absolute atomic E-state index is 0.0547. The summed E-state index contributed by atoms with van der Waals surface area (Å²) in [7, 11) is 0. The summed E-state index contributed by atoms with van der Waals surface area (Å²) < 4.78 is 0. The fourth-order valence-electron chi connectivity index (χ4n) is 2.43. The maximum absolute atomic E-state index is 12.2. The minimum Gasteiger partial charge on any atom is -0.341 e. The van der Waals surface area contributed by atoms with E-state index in [9.17, 15) is 9.59 Å². The number of benzene rings is 1. The van der Waals surface area contributed by atoms with Gasteiger partial charge < -0.3 is 15.1 Å². The molecular weight excluding hydrogens is 266 g/mol. The molecule has 114 valence electrons. The molecule has 0 aliphatic carbocycles. The molecule has 2 rings (SSSR count). The van der Waals surface area contributed by atoms with E-state index in [1.807, 2.05) is 31.2 Å². The smallest absolute Gasteiger partial charge is 0.317 e. The van der Waals surface area contributed by atoms with Crippen LogP contribution in [0.25, 0.3) is 0 Å². The molecule has 1 N–H and O–H groups in total. The molecule has 5 heteroatoms. The molecule has 1 aromatic carbocycles. The fourth-order valence-corrected chi connectivity index (χ4v) is 2.43. The van der Waals surface area contributed by atoms with Gasteiger partial charge in [0.15, 0.2) is 0 Å². The first-order valence-electron chi connectivity index (χ1n) is 7.40. The Bertz CT molecular complexity index is 499. The van der Waals surface area contributed by atoms with Crippen molar-refractivity contribution in [1.82, 2.24) is 15.1 Å². The molecule has 21 heavy (non-hydrogen) atoms. The normalized spacial score (nSPS) is 15.5. The maximum Gasteiger partial charge on any atom is 0.317 e. The monoisotopic (exact) mass is 289 g/mol. The third-order valence-corrected chi connectivity index (χ3v) is 3.79. The molecule has 0 aromatic heterocycles. The van der Waals surface area contributed by atoms with Gasteiger partial charge in [0.05, 0.1) is 0 Å². The van der Waals surface area contributed by atoms with E-state index in [1.54, 1.807) is 16.7 Å². The van der Waals surface area contributed by atoms with Crippen molar-refractivity contribution in [3.8, 4) is 0 Å². The van der Waals surface area contributed by atoms with E-state index in [0.29, 0.717) is 26.2 Å². The Labute approximate surface area is 125 Å². The molecule has 0 radical (unpaired) electrons. The second kappa shape index (κ2) is 7.11. The zero-order chi connectivity index (χ0) is 15.2. The third kappa shape index (κ3) is 4.48. The number of amides is 3. The topological polar surface area (TPSA) is 52.7 Å². The van der Waals surface area contributed by atoms with Crippen LogP contribution in [0, 0.1) is 6.92 Å². The molecule has 5 nitrogen and oxygen atoms in total. The van der Waals surface area contributed by atoms with E-state index in [-0.39, 0.29) is 11.9 Å². The molecule has 0 spiro atoms. The molecule has 1 heterocycles. The van der Waals surface area contributed by atoms with Crippen molar-refractivity contribution in [2.24, 2.45) is 0 Å². The summed E-state index contributed by atoms with van der Waals surface area (Å²) in [5.74, 6) is 0.0805. The maximum atomic E-state index is 12.2. The van der Waals surface area contributed by atoms with E-state index in [2.05, 4.69) is 5.32 Å². The van der Waals surface area contributed by atoms with Crippen LogP contribution in [-0.2, 0) is 11.3 Å². The van der Waals surface area contributed by atoms with E-state index in [1.165, 1.54) is 5.56 Å². The lowest BCUT2D eigenvalue weighted by atomic mass is 10.1. The molecule has 1 aromatic rings. The van der Waals surface area contributed by atoms with Crippen LogP contribution in [0.1, 0.15) is 24.5 Å². The zero-order valence-corrected chi connectivity index (χ0v) is 12.8. The third-order valence-electron chi connectivity index (χ3n) is 3.79. The highest BCUT2D eigenvalue weighted by molar-refractivity contribution is 5.75. The molecule has 0 atom stereocenters. The summed E-state index contributed by atoms with van der Waals surface area (Å²) in [6, 6.07) is 8.07. The molecule has 0 unspecified atom stereocenters. The van der Waals surface area contributed by atoms with Crippen LogP contribution >= 0.6 is 0 Å². The number of carbonyl (C=O) groups excluding carboxylic acids is 2. The zero-order valence-electron chi connectivity index (χ0n) is 12.8. The Balaban J connectivity index is 1.83. The van der Waals surface area contributed by atoms with Gasteiger partial charge in [-0.1, -0.05) is 29.8 Å². The SMILES string of the molecule is CC(=O)N1CCCN(C(=O)NCc2ccc(C)cc2)CC1. The molecule has 1 aliphatic rings. The van der Waals surface area contributed by atoms with Gasteiger partial charge in [-0.05, 0) is 18.9 Å². The van der Waals surface area contributed by atoms with Gasteiger partial charge in [-0.25, -0.2) is 4.79 Å². The van der Waals surface area contributed by atoms with Crippen LogP contribution in [0.3, 0.4) is 0 Å². The number of nitrogens with zero attached hydrogens (tertiary/aromatic N) is 2. The average Bonchev–Trinajstić information content (AvgIpc) is 2.72. The first kappa shape index (κ1) is 15.4. The van der Waals surface area contributed by atoms with Crippen LogP contribution in [0.2, 0.25) is 0 Å². The van der Waals surface area contributed by atoms with Crippen molar-refractivity contribution in [3.05, 3.63) is 35.4 Å². The number of carbonyl (C=O) groups is 2. The fraction of sp³-hybridized carbons (Fsp3) is 0.500. The van der Waals surface area contributed by atoms with Gasteiger partial charge in [0.25, 0.3) is 0 Å². The molecule has 0 saturated carbocycles. The summed E-state index contributed by atoms with van der Waals surface area (Å²) in [4.78, 5) is 27.1. The number of nitrogens with one attached hydrogen (secondary N) is 1. The lowest BCUT2D eigenvalue weighted by molar-refractivity contribution is -0.128. The van der Waals surface area contributed by atoms with Gasteiger partial charge >= 0.3 is 6.03 Å². The van der Waals surface area contributed by atoms with Crippen LogP contribution in [0.5, 0.6) is 0 Å². The van der Waals surface area contributed by atoms with E-state index < -0.39 is 0 Å². The number of aryl methyl sites for hydroxylation is 1. The average molecular weight is 289 g/mol. The van der Waals surface area contributed by atoms with Crippen molar-refractivity contribution >= 4 is 11.9 Å². The van der Waals surface area contributed by atoms with E-state index in [4.69, 9.17) is 0 Å². The molecular formula is C16H23N3O2. The second-order valence-electron chi connectivity index (χ2n) is 5.49. The lowest BCUT2D eigenvalue weighted by Crippen LogP contribution is -2.42. The number of hydrogen-bond acceptors (Lipinski definition) is 2. The predicted molar refractivity (Wildman–Crippen MR) is 81.9 cm³/mol. The van der Waals surface area contributed by atoms with Gasteiger partial charge in [0, 0.05) is 39.6 Å². The number of hydrogen-bond donors (Lipinski definition) is 1. The highest BCUT2D eigenvalue weighted by atomic mass is 16.2. The molecule has 1 fully saturated rings. The van der Waals surface area contributed by atoms with Gasteiger partial charge in [0.1, 0.15) is 0 Å². The summed E-state index contributed by atoms with van der Waals surface area (Å²) in [6.07, 6.45) is 0.831. The van der Waals surface area contributed by atoms with Crippen LogP contribution < -0.4 is 5.32 Å². The van der Waals surface area contributed by atoms with Crippen molar-refractivity contribution in [2.75, 3.05) is 26.2 Å². The van der Waals surface area contributed by atoms with Gasteiger partial charge in [-0.15, -0.1) is 0 Å². The van der Waals surface area contributed by atoms with E-state index >= 15 is 0 Å². The Morgan fingerprint density at radius 3 is 2.33 bits per heavy atom. The Kier molecular flexibility index (Phi) is 5.20. The van der Waals surface area contributed by atoms with Crippen LogP contribution in [0.15, 0.2) is 24.3 Å². The second-order valence-corrected chi connectivity index (χ2v) is 5.49. The van der Waals surface area contributed by atoms with Gasteiger partial charge in [-0.3, -0.25) is 4.79 Å². The Morgan fingerprint density at radius 1 is 1.05 bits per heavy atom. The predicted octanol–water partition coefficient (Wildman–Crippen LogP) is 1.76. The lowest BCUT2D eigenvalue weighted by Gasteiger charge is -2.21. The summed E-state index contributed by atoms with van der Waals surface area (Å²) in [6.45, 7) is 6.80. The molecule has 1 aliphatic heterocycles. The van der Waals surface area contributed by atoms with Crippen LogP contribution in [-0.4, -0.2) is 47.9 Å². The highest BCUT2D eigenvalue weighted by Crippen LogP contribution is 2.05. The van der Waals surface area contributed by atoms with Gasteiger partial charge in [0.2, 0.25) is 5.91 Å². The number of rotatable bonds is 2. The molecule has 1 saturated heterocycles.